The maximum absolute atomic E-state index is 12.2. The summed E-state index contributed by atoms with van der Waals surface area (Å²) in [4.78, 5) is 24.1. The third-order valence-corrected chi connectivity index (χ3v) is 4.36. The van der Waals surface area contributed by atoms with Crippen molar-refractivity contribution in [2.45, 2.75) is 31.6 Å². The topological polar surface area (TPSA) is 110 Å². The molecule has 126 valence electrons. The zero-order chi connectivity index (χ0) is 17.6. The Morgan fingerprint density at radius 3 is 2.71 bits per heavy atom. The van der Waals surface area contributed by atoms with E-state index in [1.54, 1.807) is 32.0 Å². The number of aliphatic hydroxyl groups is 1. The molecule has 2 aromatic rings. The van der Waals surface area contributed by atoms with Crippen molar-refractivity contribution in [1.29, 1.82) is 0 Å². The number of hydrogen-bond acceptors (Lipinski definition) is 5. The molecular formula is C16H17N3O4S. The zero-order valence-corrected chi connectivity index (χ0v) is 14.0. The Kier molecular flexibility index (Phi) is 3.81. The van der Waals surface area contributed by atoms with Gasteiger partial charge in [0.15, 0.2) is 0 Å². The highest BCUT2D eigenvalue weighted by molar-refractivity contribution is 7.80. The van der Waals surface area contributed by atoms with Crippen LogP contribution >= 0.6 is 12.2 Å². The number of nitrogens with zero attached hydrogens (tertiary/aromatic N) is 1. The molecule has 4 N–H and O–H groups in total. The van der Waals surface area contributed by atoms with Crippen LogP contribution in [0.1, 0.15) is 31.0 Å². The van der Waals surface area contributed by atoms with Crippen molar-refractivity contribution in [2.75, 3.05) is 0 Å². The van der Waals surface area contributed by atoms with Gasteiger partial charge in [-0.25, -0.2) is 4.68 Å². The monoisotopic (exact) mass is 347 g/mol. The van der Waals surface area contributed by atoms with E-state index in [9.17, 15) is 14.7 Å². The molecule has 1 aliphatic rings. The van der Waals surface area contributed by atoms with Crippen LogP contribution in [0.2, 0.25) is 0 Å². The fourth-order valence-electron chi connectivity index (χ4n) is 2.85. The molecule has 2 atom stereocenters. The molecule has 0 bridgehead atoms. The first-order valence-electron chi connectivity index (χ1n) is 7.33. The lowest BCUT2D eigenvalue weighted by atomic mass is 9.86. The molecule has 1 aromatic carbocycles. The minimum atomic E-state index is -1.08. The molecule has 1 aliphatic heterocycles. The van der Waals surface area contributed by atoms with Crippen molar-refractivity contribution in [3.8, 4) is 5.75 Å². The normalized spacial score (nSPS) is 21.6. The molecule has 0 saturated heterocycles. The molecule has 2 heterocycles. The predicted molar refractivity (Wildman–Crippen MR) is 92.5 cm³/mol. The Balaban J connectivity index is 2.29. The Morgan fingerprint density at radius 1 is 1.33 bits per heavy atom. The molecule has 1 aromatic heterocycles. The van der Waals surface area contributed by atoms with Crippen LogP contribution in [-0.2, 0) is 0 Å². The number of aliphatic hydroxyl groups excluding tert-OH is 1. The SMILES string of the molecule is CC1(C)Oc2ccc(C(N)=S)cc2C(n2[nH]c(=O)ccc2=O)C1O. The molecule has 0 spiro atoms. The molecular weight excluding hydrogens is 330 g/mol. The van der Waals surface area contributed by atoms with Crippen LogP contribution in [0.25, 0.3) is 0 Å². The van der Waals surface area contributed by atoms with Crippen molar-refractivity contribution < 1.29 is 9.84 Å². The molecule has 7 nitrogen and oxygen atoms in total. The summed E-state index contributed by atoms with van der Waals surface area (Å²) in [7, 11) is 0. The molecule has 8 heteroatoms. The number of aromatic nitrogens is 2. The maximum atomic E-state index is 12.2. The van der Waals surface area contributed by atoms with Crippen LogP contribution in [0, 0.1) is 0 Å². The second-order valence-corrected chi connectivity index (χ2v) is 6.67. The summed E-state index contributed by atoms with van der Waals surface area (Å²) in [5.41, 5.74) is 4.93. The Labute approximate surface area is 142 Å². The van der Waals surface area contributed by atoms with Crippen molar-refractivity contribution >= 4 is 17.2 Å². The molecule has 3 rings (SSSR count). The quantitative estimate of drug-likeness (QED) is 0.674. The Morgan fingerprint density at radius 2 is 2.04 bits per heavy atom. The van der Waals surface area contributed by atoms with Crippen LogP contribution in [0.15, 0.2) is 39.9 Å². The molecule has 0 amide bonds. The summed E-state index contributed by atoms with van der Waals surface area (Å²) in [5, 5.41) is 13.2. The number of hydrogen-bond donors (Lipinski definition) is 3. The van der Waals surface area contributed by atoms with Gasteiger partial charge in [0, 0.05) is 23.3 Å². The first-order chi connectivity index (χ1) is 11.2. The van der Waals surface area contributed by atoms with Gasteiger partial charge in [-0.3, -0.25) is 14.7 Å². The zero-order valence-electron chi connectivity index (χ0n) is 13.1. The first kappa shape index (κ1) is 16.4. The van der Waals surface area contributed by atoms with Gasteiger partial charge in [-0.1, -0.05) is 12.2 Å². The van der Waals surface area contributed by atoms with Gasteiger partial charge >= 0.3 is 0 Å². The number of nitrogens with one attached hydrogen (secondary N) is 1. The van der Waals surface area contributed by atoms with E-state index in [2.05, 4.69) is 5.10 Å². The third-order valence-electron chi connectivity index (χ3n) is 4.12. The number of ether oxygens (including phenoxy) is 1. The molecule has 24 heavy (non-hydrogen) atoms. The summed E-state index contributed by atoms with van der Waals surface area (Å²) in [6.45, 7) is 3.42. The lowest BCUT2D eigenvalue weighted by Crippen LogP contribution is -2.53. The van der Waals surface area contributed by atoms with Gasteiger partial charge in [-0.15, -0.1) is 0 Å². The van der Waals surface area contributed by atoms with E-state index < -0.39 is 28.9 Å². The van der Waals surface area contributed by atoms with Gasteiger partial charge in [0.2, 0.25) is 0 Å². The standard InChI is InChI=1S/C16H17N3O4S/c1-16(2)14(22)13(19-12(21)6-5-11(20)18-19)9-7-8(15(17)24)3-4-10(9)23-16/h3-7,13-14,22H,1-2H3,(H2,17,24)(H,18,20). The van der Waals surface area contributed by atoms with Crippen molar-refractivity contribution in [2.24, 2.45) is 5.73 Å². The molecule has 0 fully saturated rings. The minimum absolute atomic E-state index is 0.185. The van der Waals surface area contributed by atoms with E-state index in [4.69, 9.17) is 22.7 Å². The van der Waals surface area contributed by atoms with Crippen molar-refractivity contribution in [3.05, 3.63) is 62.2 Å². The van der Waals surface area contributed by atoms with Crippen LogP contribution in [-0.4, -0.2) is 31.6 Å². The number of thiocarbonyl (C=S) groups is 1. The number of nitrogens with two attached hydrogens (primary N) is 1. The number of aromatic amines is 1. The predicted octanol–water partition coefficient (Wildman–Crippen LogP) is 0.292. The van der Waals surface area contributed by atoms with Crippen LogP contribution in [0.5, 0.6) is 5.75 Å². The molecule has 2 unspecified atom stereocenters. The van der Waals surface area contributed by atoms with E-state index in [1.807, 2.05) is 0 Å². The van der Waals surface area contributed by atoms with Crippen LogP contribution in [0.3, 0.4) is 0 Å². The highest BCUT2D eigenvalue weighted by Crippen LogP contribution is 2.41. The van der Waals surface area contributed by atoms with E-state index in [-0.39, 0.29) is 4.99 Å². The number of fused-ring (bicyclic) bond motifs is 1. The largest absolute Gasteiger partial charge is 0.485 e. The van der Waals surface area contributed by atoms with E-state index in [0.717, 1.165) is 16.8 Å². The highest BCUT2D eigenvalue weighted by atomic mass is 32.1. The summed E-state index contributed by atoms with van der Waals surface area (Å²) in [6.07, 6.45) is -1.08. The maximum Gasteiger partial charge on any atom is 0.265 e. The number of rotatable bonds is 2. The average Bonchev–Trinajstić information content (AvgIpc) is 2.50. The molecule has 0 saturated carbocycles. The molecule has 0 radical (unpaired) electrons. The number of H-pyrrole nitrogens is 1. The van der Waals surface area contributed by atoms with Gasteiger partial charge < -0.3 is 15.6 Å². The second-order valence-electron chi connectivity index (χ2n) is 6.23. The number of benzene rings is 1. The highest BCUT2D eigenvalue weighted by Gasteiger charge is 2.44. The lowest BCUT2D eigenvalue weighted by molar-refractivity contribution is -0.0668. The Bertz CT molecular complexity index is 931. The fraction of sp³-hybridized carbons (Fsp3) is 0.312. The fourth-order valence-corrected chi connectivity index (χ4v) is 2.97. The van der Waals surface area contributed by atoms with Crippen molar-refractivity contribution in [3.63, 3.8) is 0 Å². The van der Waals surface area contributed by atoms with Gasteiger partial charge in [0.05, 0.1) is 0 Å². The van der Waals surface area contributed by atoms with E-state index in [1.165, 1.54) is 0 Å². The summed E-state index contributed by atoms with van der Waals surface area (Å²) in [6, 6.07) is 6.53. The van der Waals surface area contributed by atoms with Gasteiger partial charge in [-0.05, 0) is 32.0 Å². The van der Waals surface area contributed by atoms with Gasteiger partial charge in [0.25, 0.3) is 11.1 Å². The second kappa shape index (κ2) is 5.57. The lowest BCUT2D eigenvalue weighted by Gasteiger charge is -2.42. The summed E-state index contributed by atoms with van der Waals surface area (Å²) >= 11 is 4.99. The van der Waals surface area contributed by atoms with Gasteiger partial charge in [-0.2, -0.15) is 0 Å². The van der Waals surface area contributed by atoms with Crippen molar-refractivity contribution in [1.82, 2.24) is 9.78 Å². The van der Waals surface area contributed by atoms with E-state index in [0.29, 0.717) is 16.9 Å². The molecule has 0 aliphatic carbocycles. The van der Waals surface area contributed by atoms with Crippen LogP contribution < -0.4 is 21.6 Å². The first-order valence-corrected chi connectivity index (χ1v) is 7.74. The third kappa shape index (κ3) is 2.63. The smallest absolute Gasteiger partial charge is 0.265 e. The minimum Gasteiger partial charge on any atom is -0.485 e. The summed E-state index contributed by atoms with van der Waals surface area (Å²) < 4.78 is 6.96. The van der Waals surface area contributed by atoms with Crippen LogP contribution in [0.4, 0.5) is 0 Å². The van der Waals surface area contributed by atoms with Gasteiger partial charge in [0.1, 0.15) is 28.5 Å². The Hall–Kier alpha value is -2.45. The van der Waals surface area contributed by atoms with E-state index >= 15 is 0 Å². The summed E-state index contributed by atoms with van der Waals surface area (Å²) in [5.74, 6) is 0.493. The average molecular weight is 347 g/mol.